The number of hydrogen-bond acceptors (Lipinski definition) is 4. The second-order valence-electron chi connectivity index (χ2n) is 7.40. The van der Waals surface area contributed by atoms with Crippen molar-refractivity contribution >= 4 is 41.3 Å². The number of thiazole rings is 1. The van der Waals surface area contributed by atoms with Gasteiger partial charge < -0.3 is 10.6 Å². The average molecular weight is 567 g/mol. The Kier molecular flexibility index (Phi) is 10.0. The van der Waals surface area contributed by atoms with Crippen molar-refractivity contribution in [3.8, 4) is 0 Å². The fourth-order valence-electron chi connectivity index (χ4n) is 3.49. The summed E-state index contributed by atoms with van der Waals surface area (Å²) >= 11 is 1.67. The molecule has 0 unspecified atom stereocenters. The van der Waals surface area contributed by atoms with E-state index in [1.807, 2.05) is 0 Å². The Bertz CT molecular complexity index is 848. The predicted octanol–water partition coefficient (Wildman–Crippen LogP) is 4.67. The van der Waals surface area contributed by atoms with Crippen LogP contribution in [0.3, 0.4) is 0 Å². The van der Waals surface area contributed by atoms with Crippen LogP contribution in [-0.2, 0) is 25.7 Å². The van der Waals surface area contributed by atoms with Crippen LogP contribution in [-0.4, -0.2) is 42.0 Å². The number of aromatic nitrogens is 1. The molecule has 0 radical (unpaired) electrons. The number of hydrogen-bond donors (Lipinski definition) is 2. The maximum Gasteiger partial charge on any atom is 0.416 e. The van der Waals surface area contributed by atoms with Gasteiger partial charge in [-0.2, -0.15) is 13.2 Å². The van der Waals surface area contributed by atoms with E-state index < -0.39 is 11.7 Å². The normalized spacial score (nSPS) is 16.1. The van der Waals surface area contributed by atoms with Crippen molar-refractivity contribution in [2.24, 2.45) is 4.99 Å². The Labute approximate surface area is 202 Å². The third kappa shape index (κ3) is 7.90. The van der Waals surface area contributed by atoms with Crippen LogP contribution < -0.4 is 10.6 Å². The minimum atomic E-state index is -4.30. The molecule has 1 aromatic heterocycles. The third-order valence-corrected chi connectivity index (χ3v) is 6.19. The molecule has 0 bridgehead atoms. The van der Waals surface area contributed by atoms with Crippen molar-refractivity contribution in [1.29, 1.82) is 0 Å². The van der Waals surface area contributed by atoms with E-state index in [1.54, 1.807) is 24.5 Å². The summed E-state index contributed by atoms with van der Waals surface area (Å²) in [5.74, 6) is 0.748. The van der Waals surface area contributed by atoms with Crippen LogP contribution in [0.5, 0.6) is 0 Å². The van der Waals surface area contributed by atoms with Crippen LogP contribution in [0, 0.1) is 0 Å². The minimum absolute atomic E-state index is 0. The maximum atomic E-state index is 12.9. The largest absolute Gasteiger partial charge is 0.416 e. The summed E-state index contributed by atoms with van der Waals surface area (Å²) in [7, 11) is 1.75. The maximum absolute atomic E-state index is 12.9. The second kappa shape index (κ2) is 12.0. The smallest absolute Gasteiger partial charge is 0.354 e. The van der Waals surface area contributed by atoms with Crippen LogP contribution in [0.1, 0.15) is 41.6 Å². The topological polar surface area (TPSA) is 52.6 Å². The number of aliphatic imine (C=N–C) groups is 1. The van der Waals surface area contributed by atoms with Gasteiger partial charge in [0.2, 0.25) is 0 Å². The number of nitrogens with one attached hydrogen (secondary N) is 2. The lowest BCUT2D eigenvalue weighted by Crippen LogP contribution is -2.48. The molecule has 1 aliphatic rings. The molecule has 0 spiro atoms. The van der Waals surface area contributed by atoms with Crippen molar-refractivity contribution in [3.05, 3.63) is 51.5 Å². The number of nitrogens with zero attached hydrogens (tertiary/aromatic N) is 3. The summed E-state index contributed by atoms with van der Waals surface area (Å²) in [6, 6.07) is 5.89. The van der Waals surface area contributed by atoms with Crippen molar-refractivity contribution in [2.45, 2.75) is 51.5 Å². The van der Waals surface area contributed by atoms with Gasteiger partial charge in [0.15, 0.2) is 5.96 Å². The molecule has 2 aromatic rings. The number of aryl methyl sites for hydroxylation is 1. The first-order valence-electron chi connectivity index (χ1n) is 10.2. The van der Waals surface area contributed by atoms with Gasteiger partial charge >= 0.3 is 6.18 Å². The first-order chi connectivity index (χ1) is 14.4. The molecular weight excluding hydrogens is 538 g/mol. The number of piperidine rings is 1. The Balaban J connectivity index is 0.00000341. The van der Waals surface area contributed by atoms with E-state index in [0.717, 1.165) is 55.1 Å². The van der Waals surface area contributed by atoms with Gasteiger partial charge in [0, 0.05) is 38.1 Å². The molecule has 31 heavy (non-hydrogen) atoms. The summed E-state index contributed by atoms with van der Waals surface area (Å²) < 4.78 is 38.7. The van der Waals surface area contributed by atoms with E-state index >= 15 is 0 Å². The molecule has 0 amide bonds. The first kappa shape index (κ1) is 25.9. The molecule has 0 saturated carbocycles. The highest BCUT2D eigenvalue weighted by atomic mass is 127. The summed E-state index contributed by atoms with van der Waals surface area (Å²) in [6.45, 7) is 4.92. The molecule has 1 saturated heterocycles. The van der Waals surface area contributed by atoms with Gasteiger partial charge in [-0.3, -0.25) is 9.89 Å². The van der Waals surface area contributed by atoms with E-state index in [4.69, 9.17) is 0 Å². The molecular formula is C21H29F3IN5S. The Morgan fingerprint density at radius 3 is 2.65 bits per heavy atom. The van der Waals surface area contributed by atoms with E-state index in [1.165, 1.54) is 12.1 Å². The van der Waals surface area contributed by atoms with Gasteiger partial charge in [-0.15, -0.1) is 35.3 Å². The number of likely N-dealkylation sites (tertiary alicyclic amines) is 1. The number of halogens is 4. The van der Waals surface area contributed by atoms with Crippen LogP contribution in [0.2, 0.25) is 0 Å². The van der Waals surface area contributed by atoms with Gasteiger partial charge in [0.1, 0.15) is 0 Å². The monoisotopic (exact) mass is 567 g/mol. The van der Waals surface area contributed by atoms with Crippen LogP contribution in [0.4, 0.5) is 13.2 Å². The van der Waals surface area contributed by atoms with E-state index in [9.17, 15) is 13.2 Å². The summed E-state index contributed by atoms with van der Waals surface area (Å²) in [5.41, 5.74) is 1.12. The fraction of sp³-hybridized carbons (Fsp3) is 0.524. The predicted molar refractivity (Wildman–Crippen MR) is 130 cm³/mol. The molecule has 1 aromatic carbocycles. The molecule has 10 heteroatoms. The van der Waals surface area contributed by atoms with E-state index in [2.05, 4.69) is 37.8 Å². The van der Waals surface area contributed by atoms with Gasteiger partial charge in [0.05, 0.1) is 22.8 Å². The third-order valence-electron chi connectivity index (χ3n) is 5.15. The molecule has 1 aliphatic heterocycles. The molecule has 172 valence electrons. The van der Waals surface area contributed by atoms with Gasteiger partial charge in [-0.25, -0.2) is 4.98 Å². The van der Waals surface area contributed by atoms with Crippen LogP contribution in [0.15, 0.2) is 34.6 Å². The standard InChI is InChI=1S/C21H28F3N5S.HI/c1-3-19-27-18(14-30-19)12-26-20(25-2)28-17-7-9-29(10-8-17)13-15-5-4-6-16(11-15)21(22,23)24;/h4-6,11,14,17H,3,7-10,12-13H2,1-2H3,(H2,25,26,28);1H. The molecule has 5 nitrogen and oxygen atoms in total. The number of alkyl halides is 3. The molecule has 0 aliphatic carbocycles. The van der Waals surface area contributed by atoms with Crippen molar-refractivity contribution in [3.63, 3.8) is 0 Å². The quantitative estimate of drug-likeness (QED) is 0.303. The van der Waals surface area contributed by atoms with Gasteiger partial charge in [0.25, 0.3) is 0 Å². The summed E-state index contributed by atoms with van der Waals surface area (Å²) in [6.07, 6.45) is -1.53. The zero-order chi connectivity index (χ0) is 21.6. The number of guanidine groups is 1. The molecule has 0 atom stereocenters. The highest BCUT2D eigenvalue weighted by Gasteiger charge is 2.30. The highest BCUT2D eigenvalue weighted by Crippen LogP contribution is 2.30. The lowest BCUT2D eigenvalue weighted by molar-refractivity contribution is -0.137. The second-order valence-corrected chi connectivity index (χ2v) is 8.35. The number of benzene rings is 1. The lowest BCUT2D eigenvalue weighted by atomic mass is 10.0. The molecule has 1 fully saturated rings. The average Bonchev–Trinajstić information content (AvgIpc) is 3.20. The van der Waals surface area contributed by atoms with E-state index in [0.29, 0.717) is 18.7 Å². The first-order valence-corrected chi connectivity index (χ1v) is 11.0. The highest BCUT2D eigenvalue weighted by molar-refractivity contribution is 14.0. The van der Waals surface area contributed by atoms with E-state index in [-0.39, 0.29) is 30.0 Å². The zero-order valence-electron chi connectivity index (χ0n) is 17.7. The number of rotatable bonds is 6. The van der Waals surface area contributed by atoms with Gasteiger partial charge in [-0.1, -0.05) is 25.1 Å². The van der Waals surface area contributed by atoms with Gasteiger partial charge in [-0.05, 0) is 30.9 Å². The van der Waals surface area contributed by atoms with Crippen LogP contribution >= 0.6 is 35.3 Å². The van der Waals surface area contributed by atoms with Crippen molar-refractivity contribution in [2.75, 3.05) is 20.1 Å². The minimum Gasteiger partial charge on any atom is -0.354 e. The molecule has 2 heterocycles. The SMILES string of the molecule is CCc1nc(CNC(=NC)NC2CCN(Cc3cccc(C(F)(F)F)c3)CC2)cs1.I. The summed E-state index contributed by atoms with van der Waals surface area (Å²) in [4.78, 5) is 11.0. The molecule has 3 rings (SSSR count). The molecule has 2 N–H and O–H groups in total. The lowest BCUT2D eigenvalue weighted by Gasteiger charge is -2.33. The zero-order valence-corrected chi connectivity index (χ0v) is 20.9. The summed E-state index contributed by atoms with van der Waals surface area (Å²) in [5, 5.41) is 9.94. The fourth-order valence-corrected chi connectivity index (χ4v) is 4.24. The Hall–Kier alpha value is -1.40. The van der Waals surface area contributed by atoms with Crippen molar-refractivity contribution in [1.82, 2.24) is 20.5 Å². The van der Waals surface area contributed by atoms with Crippen molar-refractivity contribution < 1.29 is 13.2 Å². The Morgan fingerprint density at radius 2 is 2.03 bits per heavy atom. The van der Waals surface area contributed by atoms with Crippen LogP contribution in [0.25, 0.3) is 0 Å². The Morgan fingerprint density at radius 1 is 1.29 bits per heavy atom.